The number of hydrogen-bond donors (Lipinski definition) is 1. The number of nitro groups is 1. The Kier molecular flexibility index (Phi) is 5.67. The van der Waals surface area contributed by atoms with Gasteiger partial charge in [-0.25, -0.2) is 0 Å². The second kappa shape index (κ2) is 7.70. The fraction of sp³-hybridized carbons (Fsp3) is 0.400. The molecule has 124 valence electrons. The van der Waals surface area contributed by atoms with Crippen molar-refractivity contribution in [1.29, 1.82) is 0 Å². The summed E-state index contributed by atoms with van der Waals surface area (Å²) < 4.78 is 10.2. The van der Waals surface area contributed by atoms with Crippen LogP contribution in [0.5, 0.6) is 5.75 Å². The van der Waals surface area contributed by atoms with E-state index in [2.05, 4.69) is 16.8 Å². The number of hydrogen-bond acceptors (Lipinski definition) is 6. The van der Waals surface area contributed by atoms with E-state index < -0.39 is 4.92 Å². The lowest BCUT2D eigenvalue weighted by Gasteiger charge is -2.26. The number of morpholine rings is 1. The molecule has 1 heterocycles. The molecule has 1 N–H and O–H groups in total. The molecule has 1 aliphatic heterocycles. The van der Waals surface area contributed by atoms with Crippen LogP contribution in [0.25, 0.3) is 0 Å². The van der Waals surface area contributed by atoms with Crippen LogP contribution < -0.4 is 10.1 Å². The molecule has 0 aliphatic carbocycles. The van der Waals surface area contributed by atoms with E-state index in [4.69, 9.17) is 9.47 Å². The van der Waals surface area contributed by atoms with Crippen molar-refractivity contribution >= 4 is 17.3 Å². The molecule has 1 amide bonds. The number of benzene rings is 1. The van der Waals surface area contributed by atoms with Crippen molar-refractivity contribution in [1.82, 2.24) is 4.90 Å². The lowest BCUT2D eigenvalue weighted by atomic mass is 10.2. The molecule has 0 spiro atoms. The largest absolute Gasteiger partial charge is 0.490 e. The Hall–Kier alpha value is -2.45. The number of carbonyl (C=O) groups excluding carboxylic acids is 1. The Morgan fingerprint density at radius 2 is 2.17 bits per heavy atom. The number of anilines is 1. The fourth-order valence-electron chi connectivity index (χ4n) is 2.23. The predicted octanol–water partition coefficient (Wildman–Crippen LogP) is 1.43. The quantitative estimate of drug-likeness (QED) is 0.484. The molecule has 0 bridgehead atoms. The van der Waals surface area contributed by atoms with E-state index in [1.807, 2.05) is 0 Å². The van der Waals surface area contributed by atoms with E-state index >= 15 is 0 Å². The van der Waals surface area contributed by atoms with Gasteiger partial charge in [0.1, 0.15) is 0 Å². The molecule has 23 heavy (non-hydrogen) atoms. The molecular weight excluding hydrogens is 302 g/mol. The summed E-state index contributed by atoms with van der Waals surface area (Å²) in [5, 5.41) is 13.6. The molecular formula is C15H19N3O5. The highest BCUT2D eigenvalue weighted by atomic mass is 16.6. The van der Waals surface area contributed by atoms with Crippen LogP contribution in [-0.4, -0.2) is 55.7 Å². The number of ether oxygens (including phenoxy) is 2. The van der Waals surface area contributed by atoms with Gasteiger partial charge in [0.05, 0.1) is 25.2 Å². The zero-order valence-electron chi connectivity index (χ0n) is 12.9. The van der Waals surface area contributed by atoms with Gasteiger partial charge in [-0.3, -0.25) is 19.8 Å². The van der Waals surface area contributed by atoms with Crippen LogP contribution in [0.2, 0.25) is 0 Å². The van der Waals surface area contributed by atoms with Crippen LogP contribution in [0.15, 0.2) is 30.4 Å². The van der Waals surface area contributed by atoms with Gasteiger partial charge in [0, 0.05) is 37.0 Å². The van der Waals surface area contributed by atoms with Gasteiger partial charge < -0.3 is 14.8 Å². The van der Waals surface area contributed by atoms with Crippen LogP contribution >= 0.6 is 0 Å². The standard InChI is InChI=1S/C15H19N3O5/c1-11(10-17-5-7-23-8-6-17)15(19)16-12-3-4-14(22-2)13(9-12)18(20)21/h3-4,9H,1,5-8,10H2,2H3,(H,16,19). The molecule has 2 rings (SSSR count). The van der Waals surface area contributed by atoms with E-state index in [9.17, 15) is 14.9 Å². The van der Waals surface area contributed by atoms with Crippen molar-refractivity contribution < 1.29 is 19.2 Å². The molecule has 8 heteroatoms. The summed E-state index contributed by atoms with van der Waals surface area (Å²) in [4.78, 5) is 24.7. The number of nitro benzene ring substituents is 1. The van der Waals surface area contributed by atoms with Gasteiger partial charge in [0.2, 0.25) is 0 Å². The highest BCUT2D eigenvalue weighted by molar-refractivity contribution is 6.03. The molecule has 1 aromatic rings. The molecule has 0 unspecified atom stereocenters. The number of methoxy groups -OCH3 is 1. The summed E-state index contributed by atoms with van der Waals surface area (Å²) in [7, 11) is 1.35. The van der Waals surface area contributed by atoms with Gasteiger partial charge in [-0.1, -0.05) is 6.58 Å². The maximum absolute atomic E-state index is 12.2. The zero-order valence-corrected chi connectivity index (χ0v) is 12.9. The summed E-state index contributed by atoms with van der Waals surface area (Å²) in [5.74, 6) is -0.226. The van der Waals surface area contributed by atoms with Crippen molar-refractivity contribution in [2.24, 2.45) is 0 Å². The average Bonchev–Trinajstić information content (AvgIpc) is 2.55. The molecule has 1 aliphatic rings. The first kappa shape index (κ1) is 16.9. The van der Waals surface area contributed by atoms with Crippen LogP contribution in [0.4, 0.5) is 11.4 Å². The van der Waals surface area contributed by atoms with Crippen molar-refractivity contribution in [3.63, 3.8) is 0 Å². The van der Waals surface area contributed by atoms with E-state index in [0.717, 1.165) is 13.1 Å². The number of amides is 1. The number of nitrogens with one attached hydrogen (secondary N) is 1. The average molecular weight is 321 g/mol. The predicted molar refractivity (Wildman–Crippen MR) is 84.7 cm³/mol. The molecule has 0 atom stereocenters. The smallest absolute Gasteiger partial charge is 0.312 e. The SMILES string of the molecule is C=C(CN1CCOCC1)C(=O)Nc1ccc(OC)c([N+](=O)[O-])c1. The van der Waals surface area contributed by atoms with E-state index in [1.54, 1.807) is 6.07 Å². The first-order valence-corrected chi connectivity index (χ1v) is 7.13. The summed E-state index contributed by atoms with van der Waals surface area (Å²) in [6, 6.07) is 4.25. The summed E-state index contributed by atoms with van der Waals surface area (Å²) in [6.45, 7) is 7.00. The van der Waals surface area contributed by atoms with E-state index in [1.165, 1.54) is 19.2 Å². The minimum atomic E-state index is -0.558. The normalized spacial score (nSPS) is 15.0. The summed E-state index contributed by atoms with van der Waals surface area (Å²) in [6.07, 6.45) is 0. The Labute approximate surface area is 133 Å². The monoisotopic (exact) mass is 321 g/mol. The van der Waals surface area contributed by atoms with Crippen molar-refractivity contribution in [3.05, 3.63) is 40.5 Å². The lowest BCUT2D eigenvalue weighted by Crippen LogP contribution is -2.38. The molecule has 8 nitrogen and oxygen atoms in total. The third-order valence-electron chi connectivity index (χ3n) is 3.47. The first-order chi connectivity index (χ1) is 11.0. The van der Waals surface area contributed by atoms with Crippen LogP contribution in [0, 0.1) is 10.1 Å². The van der Waals surface area contributed by atoms with Crippen LogP contribution in [0.3, 0.4) is 0 Å². The molecule has 0 saturated carbocycles. The van der Waals surface area contributed by atoms with Gasteiger partial charge >= 0.3 is 5.69 Å². The number of nitrogens with zero attached hydrogens (tertiary/aromatic N) is 2. The van der Waals surface area contributed by atoms with E-state index in [-0.39, 0.29) is 17.3 Å². The van der Waals surface area contributed by atoms with Crippen molar-refractivity contribution in [2.75, 3.05) is 45.3 Å². The lowest BCUT2D eigenvalue weighted by molar-refractivity contribution is -0.385. The van der Waals surface area contributed by atoms with Crippen molar-refractivity contribution in [3.8, 4) is 5.75 Å². The minimum Gasteiger partial charge on any atom is -0.490 e. The zero-order chi connectivity index (χ0) is 16.8. The Balaban J connectivity index is 2.00. The van der Waals surface area contributed by atoms with Gasteiger partial charge in [0.15, 0.2) is 5.75 Å². The minimum absolute atomic E-state index is 0.139. The third-order valence-corrected chi connectivity index (χ3v) is 3.47. The van der Waals surface area contributed by atoms with E-state index in [0.29, 0.717) is 31.0 Å². The van der Waals surface area contributed by atoms with Gasteiger partial charge in [0.25, 0.3) is 5.91 Å². The Morgan fingerprint density at radius 1 is 1.48 bits per heavy atom. The first-order valence-electron chi connectivity index (χ1n) is 7.13. The third kappa shape index (κ3) is 4.51. The number of rotatable bonds is 6. The maximum Gasteiger partial charge on any atom is 0.312 e. The van der Waals surface area contributed by atoms with Gasteiger partial charge in [-0.2, -0.15) is 0 Å². The van der Waals surface area contributed by atoms with Gasteiger partial charge in [-0.05, 0) is 12.1 Å². The van der Waals surface area contributed by atoms with Gasteiger partial charge in [-0.15, -0.1) is 0 Å². The Bertz CT molecular complexity index is 611. The highest BCUT2D eigenvalue weighted by Crippen LogP contribution is 2.29. The second-order valence-corrected chi connectivity index (χ2v) is 5.09. The topological polar surface area (TPSA) is 93.9 Å². The molecule has 1 aromatic carbocycles. The van der Waals surface area contributed by atoms with Crippen molar-refractivity contribution in [2.45, 2.75) is 0 Å². The Morgan fingerprint density at radius 3 is 2.78 bits per heavy atom. The van der Waals surface area contributed by atoms with Crippen LogP contribution in [0.1, 0.15) is 0 Å². The molecule has 1 fully saturated rings. The second-order valence-electron chi connectivity index (χ2n) is 5.09. The number of carbonyl (C=O) groups is 1. The highest BCUT2D eigenvalue weighted by Gasteiger charge is 2.18. The fourth-order valence-corrected chi connectivity index (χ4v) is 2.23. The molecule has 1 saturated heterocycles. The molecule has 0 radical (unpaired) electrons. The summed E-state index contributed by atoms with van der Waals surface area (Å²) >= 11 is 0. The summed E-state index contributed by atoms with van der Waals surface area (Å²) in [5.41, 5.74) is 0.514. The molecule has 0 aromatic heterocycles. The van der Waals surface area contributed by atoms with Crippen LogP contribution in [-0.2, 0) is 9.53 Å². The maximum atomic E-state index is 12.2.